The number of aryl methyl sites for hydroxylation is 3. The summed E-state index contributed by atoms with van der Waals surface area (Å²) in [7, 11) is 0. The monoisotopic (exact) mass is 361 g/mol. The van der Waals surface area contributed by atoms with Gasteiger partial charge in [-0.3, -0.25) is 0 Å². The summed E-state index contributed by atoms with van der Waals surface area (Å²) in [6.07, 6.45) is 0. The van der Waals surface area contributed by atoms with Crippen molar-refractivity contribution in [2.45, 2.75) is 54.0 Å². The van der Waals surface area contributed by atoms with Gasteiger partial charge in [-0.2, -0.15) is 4.40 Å². The van der Waals surface area contributed by atoms with Crippen LogP contribution in [0.3, 0.4) is 0 Å². The summed E-state index contributed by atoms with van der Waals surface area (Å²) < 4.78 is 6.46. The lowest BCUT2D eigenvalue weighted by Crippen LogP contribution is -2.52. The van der Waals surface area contributed by atoms with Gasteiger partial charge in [-0.25, -0.2) is 4.57 Å². The number of imidazole rings is 1. The Morgan fingerprint density at radius 3 is 2.35 bits per heavy atom. The Bertz CT molecular complexity index is 1250. The molecule has 2 nitrogen and oxygen atoms in total. The molecule has 4 aromatic rings. The standard InChI is InChI=1S/C23H25N2S/c1-12-13(2)15(4)24-16(5)25-21(20(24)14(12)3)22-19(23(25,6)7)17-10-8-9-11-18(17)26-22/h8-11H,1-7H3/q+1. The molecule has 0 aliphatic carbocycles. The molecule has 5 rings (SSSR count). The Labute approximate surface area is 158 Å². The Balaban J connectivity index is 2.07. The van der Waals surface area contributed by atoms with Crippen LogP contribution in [0.2, 0.25) is 0 Å². The lowest BCUT2D eigenvalue weighted by atomic mass is 9.93. The SMILES string of the molecule is Cc1c(C)c(C)n2c(C)[n+]3c(c2c1C)-c1sc2ccccc2c1C3(C)C. The van der Waals surface area contributed by atoms with Gasteiger partial charge in [0.2, 0.25) is 0 Å². The summed E-state index contributed by atoms with van der Waals surface area (Å²) in [5.41, 5.74) is 9.85. The van der Waals surface area contributed by atoms with Crippen molar-refractivity contribution in [3.05, 3.63) is 58.0 Å². The van der Waals surface area contributed by atoms with Crippen molar-refractivity contribution in [2.24, 2.45) is 0 Å². The molecule has 1 aliphatic rings. The third-order valence-corrected chi connectivity index (χ3v) is 7.84. The first kappa shape index (κ1) is 16.1. The number of hydrogen-bond donors (Lipinski definition) is 0. The Kier molecular flexibility index (Phi) is 2.95. The van der Waals surface area contributed by atoms with E-state index in [9.17, 15) is 0 Å². The third-order valence-electron chi connectivity index (χ3n) is 6.66. The lowest BCUT2D eigenvalue weighted by molar-refractivity contribution is -0.735. The van der Waals surface area contributed by atoms with Crippen molar-refractivity contribution in [3.8, 4) is 10.6 Å². The average Bonchev–Trinajstić information content (AvgIpc) is 3.20. The van der Waals surface area contributed by atoms with Crippen LogP contribution in [-0.2, 0) is 5.54 Å². The second kappa shape index (κ2) is 4.77. The fourth-order valence-electron chi connectivity index (χ4n) is 5.11. The maximum atomic E-state index is 2.58. The molecular weight excluding hydrogens is 336 g/mol. The number of fused-ring (bicyclic) bond motifs is 7. The summed E-state index contributed by atoms with van der Waals surface area (Å²) >= 11 is 1.95. The number of hydrogen-bond acceptors (Lipinski definition) is 1. The number of rotatable bonds is 0. The molecule has 4 heterocycles. The van der Waals surface area contributed by atoms with Crippen molar-refractivity contribution >= 4 is 26.9 Å². The molecule has 3 aromatic heterocycles. The number of thiophene rings is 1. The van der Waals surface area contributed by atoms with Gasteiger partial charge in [0, 0.05) is 28.1 Å². The van der Waals surface area contributed by atoms with Gasteiger partial charge in [0.15, 0.2) is 11.2 Å². The molecular formula is C23H25N2S+. The third kappa shape index (κ3) is 1.61. The van der Waals surface area contributed by atoms with Crippen molar-refractivity contribution in [3.63, 3.8) is 0 Å². The molecule has 0 saturated heterocycles. The zero-order valence-electron chi connectivity index (χ0n) is 16.6. The van der Waals surface area contributed by atoms with E-state index < -0.39 is 0 Å². The van der Waals surface area contributed by atoms with Gasteiger partial charge in [-0.1, -0.05) is 18.2 Å². The Morgan fingerprint density at radius 2 is 1.62 bits per heavy atom. The fourth-order valence-corrected chi connectivity index (χ4v) is 6.51. The van der Waals surface area contributed by atoms with Gasteiger partial charge >= 0.3 is 0 Å². The summed E-state index contributed by atoms with van der Waals surface area (Å²) in [6, 6.07) is 8.87. The maximum Gasteiger partial charge on any atom is 0.259 e. The molecule has 0 saturated carbocycles. The molecule has 0 N–H and O–H groups in total. The van der Waals surface area contributed by atoms with Crippen LogP contribution in [-0.4, -0.2) is 4.40 Å². The van der Waals surface area contributed by atoms with Crippen molar-refractivity contribution in [1.29, 1.82) is 0 Å². The first-order valence-electron chi connectivity index (χ1n) is 9.33. The molecule has 0 atom stereocenters. The van der Waals surface area contributed by atoms with Crippen LogP contribution in [0.5, 0.6) is 0 Å². The normalized spacial score (nSPS) is 15.0. The number of pyridine rings is 1. The summed E-state index contributed by atoms with van der Waals surface area (Å²) in [6.45, 7) is 16.1. The van der Waals surface area contributed by atoms with Crippen molar-refractivity contribution in [1.82, 2.24) is 4.40 Å². The van der Waals surface area contributed by atoms with Crippen LogP contribution < -0.4 is 4.57 Å². The largest absolute Gasteiger partial charge is 0.259 e. The molecule has 0 unspecified atom stereocenters. The minimum absolute atomic E-state index is 0.0406. The van der Waals surface area contributed by atoms with Gasteiger partial charge in [0.25, 0.3) is 5.82 Å². The molecule has 0 fully saturated rings. The highest BCUT2D eigenvalue weighted by molar-refractivity contribution is 7.22. The molecule has 0 spiro atoms. The van der Waals surface area contributed by atoms with Gasteiger partial charge in [-0.05, 0) is 58.7 Å². The fraction of sp³-hybridized carbons (Fsp3) is 0.348. The van der Waals surface area contributed by atoms with E-state index in [1.54, 1.807) is 0 Å². The molecule has 1 aliphatic heterocycles. The molecule has 0 amide bonds. The predicted octanol–water partition coefficient (Wildman–Crippen LogP) is 5.75. The van der Waals surface area contributed by atoms with Gasteiger partial charge in [-0.15, -0.1) is 11.3 Å². The highest BCUT2D eigenvalue weighted by Crippen LogP contribution is 2.50. The first-order chi connectivity index (χ1) is 12.3. The predicted molar refractivity (Wildman–Crippen MR) is 111 cm³/mol. The van der Waals surface area contributed by atoms with E-state index >= 15 is 0 Å². The van der Waals surface area contributed by atoms with E-state index in [0.29, 0.717) is 0 Å². The molecule has 132 valence electrons. The summed E-state index contributed by atoms with van der Waals surface area (Å²) in [4.78, 5) is 1.45. The zero-order valence-corrected chi connectivity index (χ0v) is 17.4. The minimum atomic E-state index is -0.0406. The number of nitrogens with zero attached hydrogens (tertiary/aromatic N) is 2. The number of benzene rings is 1. The average molecular weight is 362 g/mol. The topological polar surface area (TPSA) is 8.29 Å². The van der Waals surface area contributed by atoms with E-state index in [0.717, 1.165) is 0 Å². The molecule has 0 bridgehead atoms. The highest BCUT2D eigenvalue weighted by Gasteiger charge is 2.48. The van der Waals surface area contributed by atoms with E-state index in [1.165, 1.54) is 59.9 Å². The van der Waals surface area contributed by atoms with Gasteiger partial charge in [0.05, 0.1) is 4.88 Å². The van der Waals surface area contributed by atoms with E-state index in [4.69, 9.17) is 0 Å². The van der Waals surface area contributed by atoms with Crippen LogP contribution in [0.4, 0.5) is 0 Å². The molecule has 26 heavy (non-hydrogen) atoms. The summed E-state index contributed by atoms with van der Waals surface area (Å²) in [5.74, 6) is 1.33. The second-order valence-corrected chi connectivity index (χ2v) is 9.29. The van der Waals surface area contributed by atoms with Gasteiger partial charge in [0.1, 0.15) is 11.2 Å². The Morgan fingerprint density at radius 1 is 0.923 bits per heavy atom. The van der Waals surface area contributed by atoms with Crippen LogP contribution in [0.15, 0.2) is 24.3 Å². The Hall–Kier alpha value is -2.13. The van der Waals surface area contributed by atoms with Crippen LogP contribution >= 0.6 is 11.3 Å². The summed E-state index contributed by atoms with van der Waals surface area (Å²) in [5, 5.41) is 1.41. The van der Waals surface area contributed by atoms with E-state index in [2.05, 4.69) is 81.7 Å². The van der Waals surface area contributed by atoms with Gasteiger partial charge < -0.3 is 0 Å². The second-order valence-electron chi connectivity index (χ2n) is 8.24. The minimum Gasteiger partial charge on any atom is -0.217 e. The lowest BCUT2D eigenvalue weighted by Gasteiger charge is -2.18. The maximum absolute atomic E-state index is 2.58. The van der Waals surface area contributed by atoms with Crippen LogP contribution in [0.1, 0.15) is 47.6 Å². The smallest absolute Gasteiger partial charge is 0.217 e. The molecule has 1 aromatic carbocycles. The molecule has 3 heteroatoms. The first-order valence-corrected chi connectivity index (χ1v) is 10.1. The molecule has 0 radical (unpaired) electrons. The van der Waals surface area contributed by atoms with Crippen LogP contribution in [0, 0.1) is 34.6 Å². The van der Waals surface area contributed by atoms with E-state index in [-0.39, 0.29) is 5.54 Å². The zero-order chi connectivity index (χ0) is 18.5. The number of aromatic nitrogens is 2. The van der Waals surface area contributed by atoms with Crippen LogP contribution in [0.25, 0.3) is 26.2 Å². The van der Waals surface area contributed by atoms with Crippen molar-refractivity contribution in [2.75, 3.05) is 0 Å². The van der Waals surface area contributed by atoms with E-state index in [1.807, 2.05) is 11.3 Å². The highest BCUT2D eigenvalue weighted by atomic mass is 32.1. The van der Waals surface area contributed by atoms with Crippen molar-refractivity contribution < 1.29 is 4.57 Å². The quantitative estimate of drug-likeness (QED) is 0.353.